The van der Waals surface area contributed by atoms with Crippen molar-refractivity contribution in [3.63, 3.8) is 0 Å². The minimum absolute atomic E-state index is 0.168. The topological polar surface area (TPSA) is 28.3 Å². The van der Waals surface area contributed by atoms with E-state index in [2.05, 4.69) is 35.0 Å². The third-order valence-electron chi connectivity index (χ3n) is 3.74. The highest BCUT2D eigenvalue weighted by Crippen LogP contribution is 2.22. The molecule has 1 fully saturated rings. The standard InChI is InChI=1S/C15H20N2O/c1-12(17-9-3-2-4-10-17)18-14-5-6-15-13(11-14)7-8-16-15/h5-8,11-12,16H,2-4,9-10H2,1H3. The number of fused-ring (bicyclic) bond motifs is 1. The predicted octanol–water partition coefficient (Wildman–Crippen LogP) is 3.38. The van der Waals surface area contributed by atoms with Crippen molar-refractivity contribution >= 4 is 10.9 Å². The van der Waals surface area contributed by atoms with Crippen molar-refractivity contribution in [1.29, 1.82) is 0 Å². The second-order valence-corrected chi connectivity index (χ2v) is 5.04. The van der Waals surface area contributed by atoms with Gasteiger partial charge in [0.2, 0.25) is 0 Å². The van der Waals surface area contributed by atoms with Crippen LogP contribution in [0.3, 0.4) is 0 Å². The lowest BCUT2D eigenvalue weighted by molar-refractivity contribution is 0.0263. The molecule has 18 heavy (non-hydrogen) atoms. The molecule has 2 aromatic rings. The summed E-state index contributed by atoms with van der Waals surface area (Å²) in [6, 6.07) is 8.30. The van der Waals surface area contributed by atoms with Gasteiger partial charge >= 0.3 is 0 Å². The summed E-state index contributed by atoms with van der Waals surface area (Å²) < 4.78 is 6.04. The molecule has 1 aliphatic rings. The summed E-state index contributed by atoms with van der Waals surface area (Å²) in [5.41, 5.74) is 1.16. The van der Waals surface area contributed by atoms with E-state index in [0.29, 0.717) is 0 Å². The average molecular weight is 244 g/mol. The first-order valence-corrected chi connectivity index (χ1v) is 6.81. The molecule has 0 aliphatic carbocycles. The van der Waals surface area contributed by atoms with Crippen molar-refractivity contribution < 1.29 is 4.74 Å². The van der Waals surface area contributed by atoms with Crippen LogP contribution in [0.4, 0.5) is 0 Å². The van der Waals surface area contributed by atoms with Gasteiger partial charge in [-0.15, -0.1) is 0 Å². The van der Waals surface area contributed by atoms with E-state index < -0.39 is 0 Å². The van der Waals surface area contributed by atoms with E-state index in [4.69, 9.17) is 4.74 Å². The van der Waals surface area contributed by atoms with E-state index in [1.807, 2.05) is 12.3 Å². The van der Waals surface area contributed by atoms with Gasteiger partial charge in [0.05, 0.1) is 0 Å². The van der Waals surface area contributed by atoms with E-state index in [1.165, 1.54) is 24.6 Å². The van der Waals surface area contributed by atoms with Crippen LogP contribution >= 0.6 is 0 Å². The molecule has 0 amide bonds. The number of rotatable bonds is 3. The van der Waals surface area contributed by atoms with Crippen LogP contribution in [0.15, 0.2) is 30.5 Å². The molecule has 3 nitrogen and oxygen atoms in total. The molecule has 0 radical (unpaired) electrons. The summed E-state index contributed by atoms with van der Waals surface area (Å²) in [4.78, 5) is 5.62. The van der Waals surface area contributed by atoms with Crippen molar-refractivity contribution in [3.8, 4) is 5.75 Å². The Morgan fingerprint density at radius 3 is 2.83 bits per heavy atom. The molecular formula is C15H20N2O. The number of aromatic amines is 1. The zero-order chi connectivity index (χ0) is 12.4. The third kappa shape index (κ3) is 2.36. The molecule has 2 heterocycles. The number of benzene rings is 1. The third-order valence-corrected chi connectivity index (χ3v) is 3.74. The molecule has 1 aromatic heterocycles. The normalized spacial score (nSPS) is 18.9. The Hall–Kier alpha value is -1.48. The van der Waals surface area contributed by atoms with Crippen molar-refractivity contribution in [2.45, 2.75) is 32.4 Å². The Kier molecular flexibility index (Phi) is 3.24. The SMILES string of the molecule is CC(Oc1ccc2[nH]ccc2c1)N1CCCCC1. The molecule has 1 aliphatic heterocycles. The molecule has 1 aromatic carbocycles. The van der Waals surface area contributed by atoms with Crippen molar-refractivity contribution in [2.75, 3.05) is 13.1 Å². The minimum atomic E-state index is 0.168. The summed E-state index contributed by atoms with van der Waals surface area (Å²) in [6.07, 6.45) is 6.08. The van der Waals surface area contributed by atoms with Gasteiger partial charge in [0.25, 0.3) is 0 Å². The van der Waals surface area contributed by atoms with Crippen LogP contribution in [-0.4, -0.2) is 29.2 Å². The van der Waals surface area contributed by atoms with E-state index in [-0.39, 0.29) is 6.23 Å². The summed E-state index contributed by atoms with van der Waals surface area (Å²) in [6.45, 7) is 4.47. The maximum atomic E-state index is 6.04. The second-order valence-electron chi connectivity index (χ2n) is 5.04. The number of hydrogen-bond donors (Lipinski definition) is 1. The number of H-pyrrole nitrogens is 1. The summed E-state index contributed by atoms with van der Waals surface area (Å²) in [7, 11) is 0. The maximum Gasteiger partial charge on any atom is 0.149 e. The minimum Gasteiger partial charge on any atom is -0.475 e. The molecule has 1 atom stereocenters. The maximum absolute atomic E-state index is 6.04. The predicted molar refractivity (Wildman–Crippen MR) is 73.8 cm³/mol. The fourth-order valence-corrected chi connectivity index (χ4v) is 2.66. The van der Waals surface area contributed by atoms with Gasteiger partial charge in [-0.25, -0.2) is 0 Å². The van der Waals surface area contributed by atoms with Gasteiger partial charge < -0.3 is 9.72 Å². The van der Waals surface area contributed by atoms with E-state index in [0.717, 1.165) is 24.4 Å². The molecule has 0 saturated carbocycles. The van der Waals surface area contributed by atoms with Crippen LogP contribution in [0, 0.1) is 0 Å². The molecule has 1 saturated heterocycles. The number of aromatic nitrogens is 1. The van der Waals surface area contributed by atoms with Crippen LogP contribution in [0.1, 0.15) is 26.2 Å². The Morgan fingerprint density at radius 2 is 2.00 bits per heavy atom. The molecule has 3 rings (SSSR count). The lowest BCUT2D eigenvalue weighted by atomic mass is 10.1. The highest BCUT2D eigenvalue weighted by atomic mass is 16.5. The quantitative estimate of drug-likeness (QED) is 0.896. The molecular weight excluding hydrogens is 224 g/mol. The Balaban J connectivity index is 1.70. The van der Waals surface area contributed by atoms with Crippen molar-refractivity contribution in [3.05, 3.63) is 30.5 Å². The van der Waals surface area contributed by atoms with Crippen molar-refractivity contribution in [1.82, 2.24) is 9.88 Å². The van der Waals surface area contributed by atoms with Gasteiger partial charge in [-0.05, 0) is 44.0 Å². The largest absolute Gasteiger partial charge is 0.475 e. The summed E-state index contributed by atoms with van der Waals surface area (Å²) in [5, 5.41) is 1.21. The molecule has 1 N–H and O–H groups in total. The van der Waals surface area contributed by atoms with Crippen LogP contribution in [0.2, 0.25) is 0 Å². The number of nitrogens with zero attached hydrogens (tertiary/aromatic N) is 1. The highest BCUT2D eigenvalue weighted by molar-refractivity contribution is 5.80. The molecule has 3 heteroatoms. The fourth-order valence-electron chi connectivity index (χ4n) is 2.66. The van der Waals surface area contributed by atoms with Crippen molar-refractivity contribution in [2.24, 2.45) is 0 Å². The molecule has 0 bridgehead atoms. The zero-order valence-electron chi connectivity index (χ0n) is 10.9. The van der Waals surface area contributed by atoms with Crippen LogP contribution in [-0.2, 0) is 0 Å². The Bertz CT molecular complexity index is 514. The van der Waals surface area contributed by atoms with Crippen LogP contribution in [0.5, 0.6) is 5.75 Å². The lowest BCUT2D eigenvalue weighted by Gasteiger charge is -2.32. The molecule has 96 valence electrons. The number of piperidine rings is 1. The first-order chi connectivity index (χ1) is 8.83. The van der Waals surface area contributed by atoms with Gasteiger partial charge in [-0.2, -0.15) is 0 Å². The van der Waals surface area contributed by atoms with Crippen LogP contribution in [0.25, 0.3) is 10.9 Å². The summed E-state index contributed by atoms with van der Waals surface area (Å²) in [5.74, 6) is 0.958. The number of hydrogen-bond acceptors (Lipinski definition) is 2. The smallest absolute Gasteiger partial charge is 0.149 e. The zero-order valence-corrected chi connectivity index (χ0v) is 10.9. The highest BCUT2D eigenvalue weighted by Gasteiger charge is 2.17. The number of ether oxygens (including phenoxy) is 1. The van der Waals surface area contributed by atoms with Gasteiger partial charge in [0.1, 0.15) is 12.0 Å². The number of nitrogens with one attached hydrogen (secondary N) is 1. The first-order valence-electron chi connectivity index (χ1n) is 6.81. The summed E-state index contributed by atoms with van der Waals surface area (Å²) >= 11 is 0. The van der Waals surface area contributed by atoms with Gasteiger partial charge in [0.15, 0.2) is 0 Å². The molecule has 1 unspecified atom stereocenters. The van der Waals surface area contributed by atoms with Gasteiger partial charge in [-0.3, -0.25) is 4.90 Å². The second kappa shape index (κ2) is 5.02. The van der Waals surface area contributed by atoms with Crippen LogP contribution < -0.4 is 4.74 Å². The van der Waals surface area contributed by atoms with E-state index in [9.17, 15) is 0 Å². The lowest BCUT2D eigenvalue weighted by Crippen LogP contribution is -2.40. The first kappa shape index (κ1) is 11.6. The Morgan fingerprint density at radius 1 is 1.17 bits per heavy atom. The average Bonchev–Trinajstić information content (AvgIpc) is 2.87. The monoisotopic (exact) mass is 244 g/mol. The molecule has 0 spiro atoms. The van der Waals surface area contributed by atoms with E-state index in [1.54, 1.807) is 0 Å². The van der Waals surface area contributed by atoms with E-state index >= 15 is 0 Å². The fraction of sp³-hybridized carbons (Fsp3) is 0.467. The number of likely N-dealkylation sites (tertiary alicyclic amines) is 1. The Labute approximate surface area is 108 Å². The van der Waals surface area contributed by atoms with Gasteiger partial charge in [-0.1, -0.05) is 6.42 Å². The van der Waals surface area contributed by atoms with Gasteiger partial charge in [0, 0.05) is 30.2 Å².